The van der Waals surface area contributed by atoms with Gasteiger partial charge in [-0.1, -0.05) is 219 Å². The first kappa shape index (κ1) is 46.2. The number of anilines is 8. The van der Waals surface area contributed by atoms with Crippen LogP contribution < -0.4 is 51.8 Å². The Morgan fingerprint density at radius 1 is 0.427 bits per heavy atom. The van der Waals surface area contributed by atoms with Gasteiger partial charge in [0.15, 0.2) is 8.07 Å². The third-order valence-electron chi connectivity index (χ3n) is 18.8. The molecule has 0 spiro atoms. The Morgan fingerprint density at radius 2 is 0.920 bits per heavy atom. The molecule has 1 fully saturated rings. The van der Waals surface area contributed by atoms with E-state index in [0.29, 0.717) is 0 Å². The van der Waals surface area contributed by atoms with Crippen LogP contribution in [0.5, 0.6) is 0 Å². The zero-order chi connectivity index (χ0) is 51.2. The van der Waals surface area contributed by atoms with Crippen LogP contribution in [0.4, 0.5) is 45.5 Å². The van der Waals surface area contributed by atoms with Crippen molar-refractivity contribution in [3.63, 3.8) is 0 Å². The summed E-state index contributed by atoms with van der Waals surface area (Å²) in [5.74, 6) is 0. The molecular formula is C70H66BN3Si. The largest absolute Gasteiger partial charge is 0.334 e. The van der Waals surface area contributed by atoms with E-state index in [1.165, 1.54) is 130 Å². The molecule has 75 heavy (non-hydrogen) atoms. The maximum absolute atomic E-state index is 3.02. The molecular weight excluding hydrogens is 922 g/mol. The topological polar surface area (TPSA) is 9.72 Å². The molecule has 4 aliphatic heterocycles. The summed E-state index contributed by atoms with van der Waals surface area (Å²) in [6.45, 7) is 19.0. The van der Waals surface area contributed by atoms with Crippen LogP contribution >= 0.6 is 0 Å². The van der Waals surface area contributed by atoms with E-state index < -0.39 is 8.07 Å². The summed E-state index contributed by atoms with van der Waals surface area (Å²) in [5, 5.41) is 5.78. The van der Waals surface area contributed by atoms with E-state index in [1.54, 1.807) is 0 Å². The summed E-state index contributed by atoms with van der Waals surface area (Å²) in [5.41, 5.74) is 20.8. The molecule has 4 heterocycles. The fourth-order valence-electron chi connectivity index (χ4n) is 15.0. The van der Waals surface area contributed by atoms with Crippen LogP contribution in [0, 0.1) is 0 Å². The van der Waals surface area contributed by atoms with E-state index in [9.17, 15) is 0 Å². The first-order valence-electron chi connectivity index (χ1n) is 27.6. The fourth-order valence-corrected chi connectivity index (χ4v) is 20.3. The van der Waals surface area contributed by atoms with E-state index in [0.717, 1.165) is 6.42 Å². The second-order valence-electron chi connectivity index (χ2n) is 24.8. The lowest BCUT2D eigenvalue weighted by Crippen LogP contribution is -2.88. The molecule has 2 unspecified atom stereocenters. The monoisotopic (exact) mass is 988 g/mol. The van der Waals surface area contributed by atoms with Gasteiger partial charge in [-0.05, 0) is 139 Å². The number of hydrogen-bond acceptors (Lipinski definition) is 3. The van der Waals surface area contributed by atoms with Crippen LogP contribution in [0.2, 0.25) is 0 Å². The van der Waals surface area contributed by atoms with E-state index in [4.69, 9.17) is 0 Å². The van der Waals surface area contributed by atoms with E-state index >= 15 is 0 Å². The van der Waals surface area contributed by atoms with Crippen molar-refractivity contribution in [2.24, 2.45) is 0 Å². The zero-order valence-corrected chi connectivity index (χ0v) is 45.9. The molecule has 9 aromatic carbocycles. The lowest BCUT2D eigenvalue weighted by Gasteiger charge is -2.53. The van der Waals surface area contributed by atoms with Crippen LogP contribution in [0.15, 0.2) is 206 Å². The van der Waals surface area contributed by atoms with Gasteiger partial charge in [-0.2, -0.15) is 0 Å². The quantitative estimate of drug-likeness (QED) is 0.154. The zero-order valence-electron chi connectivity index (χ0n) is 44.9. The van der Waals surface area contributed by atoms with Gasteiger partial charge in [-0.25, -0.2) is 0 Å². The highest BCUT2D eigenvalue weighted by Crippen LogP contribution is 2.62. The second kappa shape index (κ2) is 16.3. The molecule has 0 radical (unpaired) electrons. The van der Waals surface area contributed by atoms with Gasteiger partial charge in [0.1, 0.15) is 0 Å². The summed E-state index contributed by atoms with van der Waals surface area (Å²) in [6, 6.07) is 80.7. The van der Waals surface area contributed by atoms with Crippen LogP contribution in [-0.2, 0) is 16.2 Å². The molecule has 1 aliphatic carbocycles. The molecule has 5 aliphatic rings. The van der Waals surface area contributed by atoms with Crippen molar-refractivity contribution in [1.29, 1.82) is 0 Å². The average Bonchev–Trinajstić information content (AvgIpc) is 3.65. The van der Waals surface area contributed by atoms with Gasteiger partial charge in [-0.15, -0.1) is 0 Å². The molecule has 9 aromatic rings. The molecule has 14 rings (SSSR count). The van der Waals surface area contributed by atoms with Crippen LogP contribution in [0.3, 0.4) is 0 Å². The molecule has 0 amide bonds. The maximum atomic E-state index is 2.80. The maximum Gasteiger partial charge on any atom is 0.251 e. The summed E-state index contributed by atoms with van der Waals surface area (Å²) in [4.78, 5) is 8.19. The standard InChI is InChI=1S/C70H66BN3Si/c1-67(2,3)48-37-35-47(36-38-48)54-27-15-17-29-56(54)73-59-32-22-34-63-66(59)71-64-60(45-51(46-61(64)73)74-57-30-18-16-28-55(57)69(7)43-19-20-44-70(69,74)8)72(50-41-39-49(40-42-50)68(4,5)6)58-31-21-33-62(65(58)71)75(63,52-23-11-9-12-24-52)53-25-13-10-14-26-53/h9-18,21-42,45-46H,19-20,43-44H2,1-8H3. The van der Waals surface area contributed by atoms with Crippen LogP contribution in [0.1, 0.15) is 97.8 Å². The predicted molar refractivity (Wildman–Crippen MR) is 323 cm³/mol. The Hall–Kier alpha value is -7.34. The number of rotatable bonds is 6. The summed E-state index contributed by atoms with van der Waals surface area (Å²) in [7, 11) is -3.02. The Kier molecular flexibility index (Phi) is 10.1. The van der Waals surface area contributed by atoms with Gasteiger partial charge < -0.3 is 14.7 Å². The van der Waals surface area contributed by atoms with Gasteiger partial charge in [0, 0.05) is 50.8 Å². The van der Waals surface area contributed by atoms with Gasteiger partial charge in [0.25, 0.3) is 6.71 Å². The van der Waals surface area contributed by atoms with E-state index in [1.807, 2.05) is 0 Å². The van der Waals surface area contributed by atoms with Gasteiger partial charge in [0.2, 0.25) is 0 Å². The summed E-state index contributed by atoms with van der Waals surface area (Å²) < 4.78 is 0. The average molecular weight is 988 g/mol. The van der Waals surface area contributed by atoms with Crippen molar-refractivity contribution in [2.45, 2.75) is 103 Å². The van der Waals surface area contributed by atoms with Gasteiger partial charge in [-0.3, -0.25) is 0 Å². The highest BCUT2D eigenvalue weighted by atomic mass is 28.3. The Labute approximate surface area is 446 Å². The smallest absolute Gasteiger partial charge is 0.251 e. The highest BCUT2D eigenvalue weighted by molar-refractivity contribution is 7.27. The molecule has 3 nitrogen and oxygen atoms in total. The minimum absolute atomic E-state index is 0.00182. The third-order valence-corrected chi connectivity index (χ3v) is 23.7. The SMILES string of the molecule is CC(C)(C)c1ccc(-c2ccccc2N2c3cc(N4c5ccccc5C5(C)CCCCC45C)cc4c3B3c5c(cccc5[Si](c5ccccc5)(c5ccccc5)c5cccc2c53)N4c2ccc(C(C)(C)C)cc2)cc1. The highest BCUT2D eigenvalue weighted by Gasteiger charge is 2.60. The molecule has 0 saturated heterocycles. The van der Waals surface area contributed by atoms with Crippen molar-refractivity contribution in [1.82, 2.24) is 0 Å². The first-order chi connectivity index (χ1) is 36.2. The minimum atomic E-state index is -3.02. The normalized spacial score (nSPS) is 19.6. The fraction of sp³-hybridized carbons (Fsp3) is 0.229. The molecule has 1 saturated carbocycles. The predicted octanol–water partition coefficient (Wildman–Crippen LogP) is 13.5. The lowest BCUT2D eigenvalue weighted by molar-refractivity contribution is 0.195. The Balaban J connectivity index is 1.14. The molecule has 2 atom stereocenters. The summed E-state index contributed by atoms with van der Waals surface area (Å²) >= 11 is 0. The molecule has 5 heteroatoms. The Bertz CT molecular complexity index is 3700. The molecule has 368 valence electrons. The van der Waals surface area contributed by atoms with Crippen molar-refractivity contribution >= 4 is 97.4 Å². The van der Waals surface area contributed by atoms with Crippen LogP contribution in [-0.4, -0.2) is 20.3 Å². The van der Waals surface area contributed by atoms with Gasteiger partial charge in [0.05, 0.1) is 11.2 Å². The lowest BCUT2D eigenvalue weighted by atomic mass is 9.33. The third kappa shape index (κ3) is 6.40. The second-order valence-corrected chi connectivity index (χ2v) is 28.5. The molecule has 0 aromatic heterocycles. The number of nitrogens with zero attached hydrogens (tertiary/aromatic N) is 3. The number of benzene rings is 9. The number of hydrogen-bond donors (Lipinski definition) is 0. The van der Waals surface area contributed by atoms with Gasteiger partial charge >= 0.3 is 0 Å². The van der Waals surface area contributed by atoms with Crippen molar-refractivity contribution in [2.75, 3.05) is 14.7 Å². The Morgan fingerprint density at radius 3 is 1.52 bits per heavy atom. The molecule has 0 N–H and O–H groups in total. The van der Waals surface area contributed by atoms with Crippen molar-refractivity contribution < 1.29 is 0 Å². The van der Waals surface area contributed by atoms with Crippen molar-refractivity contribution in [3.05, 3.63) is 223 Å². The first-order valence-corrected chi connectivity index (χ1v) is 29.6. The molecule has 0 bridgehead atoms. The van der Waals surface area contributed by atoms with Crippen LogP contribution in [0.25, 0.3) is 11.1 Å². The number of para-hydroxylation sites is 2. The number of fused-ring (bicyclic) bond motifs is 3. The van der Waals surface area contributed by atoms with Crippen molar-refractivity contribution in [3.8, 4) is 11.1 Å². The summed E-state index contributed by atoms with van der Waals surface area (Å²) in [6.07, 6.45) is 4.78. The minimum Gasteiger partial charge on any atom is -0.334 e. The van der Waals surface area contributed by atoms with E-state index in [-0.39, 0.29) is 28.5 Å². The van der Waals surface area contributed by atoms with E-state index in [2.05, 4.69) is 276 Å².